The molecule has 1 aliphatic rings. The molecule has 1 N–H and O–H groups in total. The number of rotatable bonds is 1. The summed E-state index contributed by atoms with van der Waals surface area (Å²) in [6.07, 6.45) is 2.51. The van der Waals surface area contributed by atoms with Crippen LogP contribution in [0.25, 0.3) is 0 Å². The van der Waals surface area contributed by atoms with Crippen molar-refractivity contribution in [1.82, 2.24) is 5.32 Å². The van der Waals surface area contributed by atoms with Crippen LogP contribution in [0.1, 0.15) is 13.3 Å². The van der Waals surface area contributed by atoms with E-state index >= 15 is 0 Å². The van der Waals surface area contributed by atoms with E-state index in [1.165, 1.54) is 19.3 Å². The fourth-order valence-electron chi connectivity index (χ4n) is 0.948. The standard InChI is InChI=1S/C5H11BN/c1-2-5-6-3-4-7-5/h5,7H,2-4H2,1H3. The average molecular weight is 96.0 g/mol. The molecule has 1 aliphatic heterocycles. The van der Waals surface area contributed by atoms with Gasteiger partial charge in [0.2, 0.25) is 0 Å². The highest BCUT2D eigenvalue weighted by atomic mass is 14.9. The van der Waals surface area contributed by atoms with Crippen molar-refractivity contribution in [2.24, 2.45) is 0 Å². The van der Waals surface area contributed by atoms with Gasteiger partial charge in [0.25, 0.3) is 0 Å². The molecular weight excluding hydrogens is 84.9 g/mol. The Bertz CT molecular complexity index is 50.0. The quantitative estimate of drug-likeness (QED) is 0.467. The Balaban J connectivity index is 2.14. The van der Waals surface area contributed by atoms with Gasteiger partial charge < -0.3 is 5.32 Å². The maximum atomic E-state index is 3.35. The number of hydrogen-bond donors (Lipinski definition) is 1. The van der Waals surface area contributed by atoms with Crippen molar-refractivity contribution in [1.29, 1.82) is 0 Å². The van der Waals surface area contributed by atoms with Crippen molar-refractivity contribution in [2.75, 3.05) is 6.54 Å². The molecule has 0 aliphatic carbocycles. The highest BCUT2D eigenvalue weighted by Gasteiger charge is 2.11. The van der Waals surface area contributed by atoms with Gasteiger partial charge in [-0.25, -0.2) is 0 Å². The first-order valence-electron chi connectivity index (χ1n) is 3.00. The molecule has 0 aromatic carbocycles. The third-order valence-electron chi connectivity index (χ3n) is 1.44. The maximum Gasteiger partial charge on any atom is 0.134 e. The van der Waals surface area contributed by atoms with E-state index < -0.39 is 0 Å². The van der Waals surface area contributed by atoms with Crippen molar-refractivity contribution in [2.45, 2.75) is 25.6 Å². The van der Waals surface area contributed by atoms with E-state index in [1.807, 2.05) is 0 Å². The van der Waals surface area contributed by atoms with E-state index in [0.717, 1.165) is 5.94 Å². The van der Waals surface area contributed by atoms with Crippen LogP contribution in [0.5, 0.6) is 0 Å². The van der Waals surface area contributed by atoms with Crippen molar-refractivity contribution < 1.29 is 0 Å². The SMILES string of the molecule is CCC1[B]CCN1. The molecule has 0 bridgehead atoms. The number of nitrogens with one attached hydrogen (secondary N) is 1. The van der Waals surface area contributed by atoms with Gasteiger partial charge in [-0.1, -0.05) is 13.2 Å². The van der Waals surface area contributed by atoms with Crippen molar-refractivity contribution >= 4 is 7.28 Å². The van der Waals surface area contributed by atoms with Crippen LogP contribution in [-0.2, 0) is 0 Å². The molecule has 0 amide bonds. The average Bonchev–Trinajstić information content (AvgIpc) is 2.14. The molecule has 39 valence electrons. The molecule has 0 aromatic rings. The predicted molar refractivity (Wildman–Crippen MR) is 32.6 cm³/mol. The van der Waals surface area contributed by atoms with Crippen LogP contribution in [-0.4, -0.2) is 19.8 Å². The molecule has 1 radical (unpaired) electrons. The third-order valence-corrected chi connectivity index (χ3v) is 1.44. The van der Waals surface area contributed by atoms with Crippen LogP contribution in [0.2, 0.25) is 6.32 Å². The third kappa shape index (κ3) is 1.20. The van der Waals surface area contributed by atoms with Crippen LogP contribution < -0.4 is 5.32 Å². The van der Waals surface area contributed by atoms with Gasteiger partial charge in [-0.3, -0.25) is 0 Å². The first-order valence-corrected chi connectivity index (χ1v) is 3.00. The monoisotopic (exact) mass is 96.1 g/mol. The van der Waals surface area contributed by atoms with Gasteiger partial charge in [0.1, 0.15) is 7.28 Å². The molecule has 7 heavy (non-hydrogen) atoms. The van der Waals surface area contributed by atoms with Crippen molar-refractivity contribution in [3.63, 3.8) is 0 Å². The Kier molecular flexibility index (Phi) is 1.74. The Labute approximate surface area is 45.7 Å². The summed E-state index contributed by atoms with van der Waals surface area (Å²) < 4.78 is 0. The largest absolute Gasteiger partial charge is 0.322 e. The topological polar surface area (TPSA) is 12.0 Å². The molecular formula is C5H11BN. The lowest BCUT2D eigenvalue weighted by molar-refractivity contribution is 0.683. The van der Waals surface area contributed by atoms with E-state index in [-0.39, 0.29) is 0 Å². The normalized spacial score (nSPS) is 30.1. The highest BCUT2D eigenvalue weighted by Crippen LogP contribution is 1.97. The summed E-state index contributed by atoms with van der Waals surface area (Å²) in [5, 5.41) is 3.35. The van der Waals surface area contributed by atoms with Crippen LogP contribution in [0.3, 0.4) is 0 Å². The van der Waals surface area contributed by atoms with Crippen molar-refractivity contribution in [3.05, 3.63) is 0 Å². The summed E-state index contributed by atoms with van der Waals surface area (Å²) in [6.45, 7) is 3.40. The lowest BCUT2D eigenvalue weighted by Crippen LogP contribution is -2.23. The summed E-state index contributed by atoms with van der Waals surface area (Å²) >= 11 is 0. The van der Waals surface area contributed by atoms with Crippen LogP contribution in [0.4, 0.5) is 0 Å². The zero-order valence-electron chi connectivity index (χ0n) is 4.78. The molecule has 1 atom stereocenters. The predicted octanol–water partition coefficient (Wildman–Crippen LogP) is 0.448. The summed E-state index contributed by atoms with van der Waals surface area (Å²) in [4.78, 5) is 0. The van der Waals surface area contributed by atoms with E-state index in [9.17, 15) is 0 Å². The zero-order valence-corrected chi connectivity index (χ0v) is 4.78. The van der Waals surface area contributed by atoms with Gasteiger partial charge in [-0.15, -0.1) is 0 Å². The summed E-state index contributed by atoms with van der Waals surface area (Å²) in [5.41, 5.74) is 0. The summed E-state index contributed by atoms with van der Waals surface area (Å²) in [6, 6.07) is 0. The van der Waals surface area contributed by atoms with Gasteiger partial charge in [0.05, 0.1) is 0 Å². The highest BCUT2D eigenvalue weighted by molar-refractivity contribution is 6.38. The van der Waals surface area contributed by atoms with Gasteiger partial charge in [0, 0.05) is 0 Å². The molecule has 0 saturated carbocycles. The first-order chi connectivity index (χ1) is 3.43. The minimum Gasteiger partial charge on any atom is -0.322 e. The fraction of sp³-hybridized carbons (Fsp3) is 1.00. The van der Waals surface area contributed by atoms with E-state index in [0.29, 0.717) is 0 Å². The van der Waals surface area contributed by atoms with Gasteiger partial charge >= 0.3 is 0 Å². The number of hydrogen-bond acceptors (Lipinski definition) is 1. The van der Waals surface area contributed by atoms with E-state index in [1.54, 1.807) is 0 Å². The Morgan fingerprint density at radius 2 is 2.71 bits per heavy atom. The Morgan fingerprint density at radius 1 is 1.86 bits per heavy atom. The second-order valence-electron chi connectivity index (χ2n) is 1.99. The van der Waals surface area contributed by atoms with Crippen LogP contribution >= 0.6 is 0 Å². The zero-order chi connectivity index (χ0) is 5.11. The smallest absolute Gasteiger partial charge is 0.134 e. The first kappa shape index (κ1) is 5.17. The molecule has 1 heterocycles. The lowest BCUT2D eigenvalue weighted by Gasteiger charge is -2.02. The van der Waals surface area contributed by atoms with Gasteiger partial charge in [0.15, 0.2) is 0 Å². The molecule has 0 spiro atoms. The minimum absolute atomic E-state index is 0.722. The lowest BCUT2D eigenvalue weighted by atomic mass is 9.69. The molecule has 2 heteroatoms. The molecule has 0 aromatic heterocycles. The van der Waals surface area contributed by atoms with Crippen LogP contribution in [0, 0.1) is 0 Å². The fourth-order valence-corrected chi connectivity index (χ4v) is 0.948. The maximum absolute atomic E-state index is 3.35. The summed E-state index contributed by atoms with van der Waals surface area (Å²) in [7, 11) is 2.35. The molecule has 1 unspecified atom stereocenters. The second kappa shape index (κ2) is 2.36. The van der Waals surface area contributed by atoms with E-state index in [2.05, 4.69) is 19.5 Å². The Morgan fingerprint density at radius 3 is 3.00 bits per heavy atom. The molecule has 1 rings (SSSR count). The Hall–Kier alpha value is 0.0249. The minimum atomic E-state index is 0.722. The molecule has 1 nitrogen and oxygen atoms in total. The molecule has 1 saturated heterocycles. The van der Waals surface area contributed by atoms with Gasteiger partial charge in [-0.2, -0.15) is 0 Å². The van der Waals surface area contributed by atoms with Gasteiger partial charge in [-0.05, 0) is 18.9 Å². The van der Waals surface area contributed by atoms with Crippen LogP contribution in [0.15, 0.2) is 0 Å². The molecule has 1 fully saturated rings. The van der Waals surface area contributed by atoms with E-state index in [4.69, 9.17) is 0 Å². The van der Waals surface area contributed by atoms with Crippen molar-refractivity contribution in [3.8, 4) is 0 Å². The summed E-state index contributed by atoms with van der Waals surface area (Å²) in [5.74, 6) is 0.722. The second-order valence-corrected chi connectivity index (χ2v) is 1.99.